The van der Waals surface area contributed by atoms with Gasteiger partial charge in [-0.05, 0) is 70.6 Å². The van der Waals surface area contributed by atoms with Crippen molar-refractivity contribution in [3.63, 3.8) is 0 Å². The Morgan fingerprint density at radius 1 is 0.352 bits per heavy atom. The minimum absolute atomic E-state index is 0.0330. The first-order valence-corrected chi connectivity index (χ1v) is 40.3. The summed E-state index contributed by atoms with van der Waals surface area (Å²) in [5.41, 5.74) is 0. The third kappa shape index (κ3) is 76.1. The summed E-state index contributed by atoms with van der Waals surface area (Å²) >= 11 is 0. The molecule has 0 amide bonds. The molecule has 0 spiro atoms. The van der Waals surface area contributed by atoms with E-state index in [1.54, 1.807) is 0 Å². The molecule has 0 aromatic carbocycles. The molecule has 0 radical (unpaired) electrons. The number of esters is 2. The molecule has 0 saturated heterocycles. The predicted molar refractivity (Wildman–Crippen MR) is 395 cm³/mol. The van der Waals surface area contributed by atoms with Gasteiger partial charge in [0.05, 0.1) is 27.7 Å². The number of hydrogen-bond acceptors (Lipinski definition) is 7. The Morgan fingerprint density at radius 3 is 0.934 bits per heavy atom. The smallest absolute Gasteiger partial charge is 0.462 e. The zero-order valence-corrected chi connectivity index (χ0v) is 61.5. The van der Waals surface area contributed by atoms with Gasteiger partial charge >= 0.3 is 19.8 Å². The van der Waals surface area contributed by atoms with Gasteiger partial charge < -0.3 is 18.9 Å². The van der Waals surface area contributed by atoms with Crippen LogP contribution in [-0.4, -0.2) is 74.9 Å². The van der Waals surface area contributed by atoms with Crippen LogP contribution in [0.15, 0.2) is 85.1 Å². The fraction of sp³-hybridized carbons (Fsp3) is 0.802. The molecular weight excluding hydrogens is 1150 g/mol. The Hall–Kier alpha value is -2.81. The lowest BCUT2D eigenvalue weighted by atomic mass is 10.0. The van der Waals surface area contributed by atoms with Crippen molar-refractivity contribution in [1.82, 2.24) is 0 Å². The molecule has 530 valence electrons. The average Bonchev–Trinajstić information content (AvgIpc) is 3.69. The summed E-state index contributed by atoms with van der Waals surface area (Å²) in [6.07, 6.45) is 98.6. The molecule has 0 saturated carbocycles. The van der Waals surface area contributed by atoms with Crippen molar-refractivity contribution in [2.75, 3.05) is 47.5 Å². The maximum Gasteiger partial charge on any atom is 0.472 e. The van der Waals surface area contributed by atoms with Gasteiger partial charge in [0.2, 0.25) is 0 Å². The topological polar surface area (TPSA) is 108 Å². The van der Waals surface area contributed by atoms with Gasteiger partial charge in [-0.1, -0.05) is 369 Å². The number of carbonyl (C=O) groups is 2. The molecule has 0 aliphatic heterocycles. The van der Waals surface area contributed by atoms with Gasteiger partial charge in [0, 0.05) is 12.8 Å². The van der Waals surface area contributed by atoms with Crippen LogP contribution in [0.3, 0.4) is 0 Å². The van der Waals surface area contributed by atoms with E-state index in [4.69, 9.17) is 18.5 Å². The number of phosphoric acid groups is 1. The normalized spacial score (nSPS) is 13.5. The quantitative estimate of drug-likeness (QED) is 0.0211. The maximum absolute atomic E-state index is 12.9. The highest BCUT2D eigenvalue weighted by Gasteiger charge is 2.27. The molecule has 0 aliphatic rings. The number of likely N-dealkylation sites (N-methyl/N-ethyl adjacent to an activating group) is 1. The van der Waals surface area contributed by atoms with E-state index in [0.717, 1.165) is 77.0 Å². The molecular formula is C81H149NO8P+. The van der Waals surface area contributed by atoms with Crippen LogP contribution in [0.2, 0.25) is 0 Å². The first-order chi connectivity index (χ1) is 44.5. The van der Waals surface area contributed by atoms with Crippen molar-refractivity contribution in [2.24, 2.45) is 0 Å². The van der Waals surface area contributed by atoms with Crippen molar-refractivity contribution in [2.45, 2.75) is 373 Å². The summed E-state index contributed by atoms with van der Waals surface area (Å²) in [5.74, 6) is -0.777. The van der Waals surface area contributed by atoms with Crippen LogP contribution in [-0.2, 0) is 32.7 Å². The molecule has 9 nitrogen and oxygen atoms in total. The van der Waals surface area contributed by atoms with Crippen molar-refractivity contribution >= 4 is 19.8 Å². The summed E-state index contributed by atoms with van der Waals surface area (Å²) in [6.45, 7) is 4.38. The van der Waals surface area contributed by atoms with Gasteiger partial charge in [0.15, 0.2) is 6.10 Å². The number of nitrogens with zero attached hydrogens (tertiary/aromatic N) is 1. The molecule has 2 unspecified atom stereocenters. The second-order valence-electron chi connectivity index (χ2n) is 27.4. The Bertz CT molecular complexity index is 1810. The number of quaternary nitrogens is 1. The van der Waals surface area contributed by atoms with Crippen molar-refractivity contribution in [3.05, 3.63) is 85.1 Å². The Morgan fingerprint density at radius 2 is 0.626 bits per heavy atom. The van der Waals surface area contributed by atoms with Gasteiger partial charge in [0.25, 0.3) is 0 Å². The highest BCUT2D eigenvalue weighted by atomic mass is 31.2. The molecule has 0 heterocycles. The van der Waals surface area contributed by atoms with Crippen LogP contribution in [0.25, 0.3) is 0 Å². The molecule has 0 aliphatic carbocycles. The largest absolute Gasteiger partial charge is 0.472 e. The van der Waals surface area contributed by atoms with Crippen molar-refractivity contribution in [1.29, 1.82) is 0 Å². The van der Waals surface area contributed by atoms with E-state index in [-0.39, 0.29) is 25.6 Å². The van der Waals surface area contributed by atoms with Crippen LogP contribution in [0.4, 0.5) is 0 Å². The van der Waals surface area contributed by atoms with Crippen LogP contribution in [0, 0.1) is 0 Å². The molecule has 10 heteroatoms. The second-order valence-corrected chi connectivity index (χ2v) is 28.8. The number of hydrogen-bond donors (Lipinski definition) is 1. The molecule has 0 aromatic rings. The van der Waals surface area contributed by atoms with E-state index >= 15 is 0 Å². The minimum Gasteiger partial charge on any atom is -0.462 e. The van der Waals surface area contributed by atoms with Gasteiger partial charge in [-0.15, -0.1) is 0 Å². The third-order valence-corrected chi connectivity index (χ3v) is 18.2. The van der Waals surface area contributed by atoms with Crippen molar-refractivity contribution < 1.29 is 42.1 Å². The minimum atomic E-state index is -4.39. The molecule has 0 fully saturated rings. The van der Waals surface area contributed by atoms with Gasteiger partial charge in [0.1, 0.15) is 19.8 Å². The monoisotopic (exact) mass is 1300 g/mol. The van der Waals surface area contributed by atoms with E-state index in [0.29, 0.717) is 23.9 Å². The SMILES string of the molecule is CC/C=C\C/C=C\C/C=C\C/C=C\C/C=C\C/C=C\C/C=C\CCCCCCCCCCCCCCCCCCCCCC(=O)OC(COC(=O)CCCCCCCCCCCCCCCCCCCCCCCCCCCC)COP(=O)(O)OCC[N+](C)(C)C. The number of carbonyl (C=O) groups excluding carboxylic acids is 2. The van der Waals surface area contributed by atoms with E-state index in [2.05, 4.69) is 98.9 Å². The molecule has 91 heavy (non-hydrogen) atoms. The number of rotatable bonds is 72. The molecule has 0 aromatic heterocycles. The van der Waals surface area contributed by atoms with E-state index in [9.17, 15) is 19.0 Å². The van der Waals surface area contributed by atoms with Gasteiger partial charge in [-0.2, -0.15) is 0 Å². The lowest BCUT2D eigenvalue weighted by molar-refractivity contribution is -0.870. The number of unbranched alkanes of at least 4 members (excludes halogenated alkanes) is 44. The van der Waals surface area contributed by atoms with Gasteiger partial charge in [-0.25, -0.2) is 4.57 Å². The second kappa shape index (κ2) is 71.5. The molecule has 0 bridgehead atoms. The van der Waals surface area contributed by atoms with Crippen LogP contribution in [0.1, 0.15) is 367 Å². The first kappa shape index (κ1) is 88.2. The summed E-state index contributed by atoms with van der Waals surface area (Å²) in [7, 11) is 1.49. The number of phosphoric ester groups is 1. The van der Waals surface area contributed by atoms with Crippen molar-refractivity contribution in [3.8, 4) is 0 Å². The zero-order chi connectivity index (χ0) is 66.2. The Labute approximate surface area is 564 Å². The standard InChI is InChI=1S/C81H148NO8P/c1-6-8-10-12-14-16-18-20-22-24-26-28-30-32-34-35-36-37-38-39-40-41-42-43-44-45-46-47-48-50-52-54-56-58-60-62-64-66-68-70-72-74-81(84)90-79(78-89-91(85,86)88-76-75-82(3,4)5)77-87-80(83)73-71-69-67-65-63-61-59-57-55-53-51-49-33-31-29-27-25-23-21-19-17-15-13-11-9-7-2/h8,10,14,16,20,22,26,28,32,34,36-37,39-40,79H,6-7,9,11-13,15,17-19,21,23-25,27,29-31,33,35,38,41-78H2,1-5H3/p+1/b10-8-,16-14-,22-20-,28-26-,34-32-,37-36-,40-39-. The van der Waals surface area contributed by atoms with E-state index in [1.807, 2.05) is 21.1 Å². The zero-order valence-electron chi connectivity index (χ0n) is 60.6. The fourth-order valence-corrected chi connectivity index (χ4v) is 12.0. The maximum atomic E-state index is 12.9. The van der Waals surface area contributed by atoms with Gasteiger partial charge in [-0.3, -0.25) is 18.6 Å². The Balaban J connectivity index is 3.94. The lowest BCUT2D eigenvalue weighted by Crippen LogP contribution is -2.37. The van der Waals surface area contributed by atoms with Crippen LogP contribution < -0.4 is 0 Å². The molecule has 0 rings (SSSR count). The first-order valence-electron chi connectivity index (χ1n) is 38.8. The summed E-state index contributed by atoms with van der Waals surface area (Å²) < 4.78 is 34.8. The molecule has 1 N–H and O–H groups in total. The lowest BCUT2D eigenvalue weighted by Gasteiger charge is -2.24. The number of ether oxygens (including phenoxy) is 2. The van der Waals surface area contributed by atoms with Crippen LogP contribution in [0.5, 0.6) is 0 Å². The summed E-state index contributed by atoms with van der Waals surface area (Å²) in [6, 6.07) is 0. The van der Waals surface area contributed by atoms with Crippen LogP contribution >= 0.6 is 7.82 Å². The Kier molecular flexibility index (Phi) is 69.3. The van der Waals surface area contributed by atoms with E-state index in [1.165, 1.54) is 257 Å². The summed E-state index contributed by atoms with van der Waals surface area (Å²) in [5, 5.41) is 0. The average molecular weight is 1300 g/mol. The van der Waals surface area contributed by atoms with E-state index < -0.39 is 26.5 Å². The number of allylic oxidation sites excluding steroid dienone is 14. The predicted octanol–water partition coefficient (Wildman–Crippen LogP) is 25.7. The third-order valence-electron chi connectivity index (χ3n) is 17.2. The molecule has 2 atom stereocenters. The highest BCUT2D eigenvalue weighted by molar-refractivity contribution is 7.47. The fourth-order valence-electron chi connectivity index (χ4n) is 11.3. The summed E-state index contributed by atoms with van der Waals surface area (Å²) in [4.78, 5) is 35.9. The highest BCUT2D eigenvalue weighted by Crippen LogP contribution is 2.43.